The Morgan fingerprint density at radius 2 is 2.13 bits per heavy atom. The van der Waals surface area contributed by atoms with Gasteiger partial charge in [-0.05, 0) is 20.3 Å². The van der Waals surface area contributed by atoms with Crippen LogP contribution in [0.15, 0.2) is 15.8 Å². The highest BCUT2D eigenvalue weighted by Gasteiger charge is 2.01. The monoisotopic (exact) mass is 210 g/mol. The molecular weight excluding hydrogens is 196 g/mol. The molecule has 0 atom stereocenters. The van der Waals surface area contributed by atoms with Gasteiger partial charge in [-0.15, -0.1) is 0 Å². The van der Waals surface area contributed by atoms with E-state index in [0.29, 0.717) is 24.9 Å². The van der Waals surface area contributed by atoms with Crippen molar-refractivity contribution in [2.75, 3.05) is 0 Å². The van der Waals surface area contributed by atoms with E-state index < -0.39 is 5.69 Å². The largest absolute Gasteiger partial charge is 0.328 e. The van der Waals surface area contributed by atoms with E-state index in [4.69, 9.17) is 0 Å². The van der Waals surface area contributed by atoms with Crippen LogP contribution < -0.4 is 11.2 Å². The lowest BCUT2D eigenvalue weighted by Gasteiger charge is -2.04. The molecule has 0 bridgehead atoms. The predicted octanol–water partition coefficient (Wildman–Crippen LogP) is 0.214. The molecule has 15 heavy (non-hydrogen) atoms. The van der Waals surface area contributed by atoms with Crippen LogP contribution in [0.5, 0.6) is 0 Å². The highest BCUT2D eigenvalue weighted by atomic mass is 16.2. The molecule has 1 rings (SSSR count). The van der Waals surface area contributed by atoms with Gasteiger partial charge in [0.15, 0.2) is 0 Å². The van der Waals surface area contributed by atoms with Gasteiger partial charge >= 0.3 is 5.69 Å². The van der Waals surface area contributed by atoms with Crippen LogP contribution in [0.1, 0.15) is 25.3 Å². The minimum atomic E-state index is -0.422. The van der Waals surface area contributed by atoms with Crippen molar-refractivity contribution < 1.29 is 4.79 Å². The minimum Gasteiger partial charge on any atom is -0.300 e. The minimum absolute atomic E-state index is 0.101. The van der Waals surface area contributed by atoms with E-state index >= 15 is 0 Å². The first-order valence-corrected chi connectivity index (χ1v) is 4.80. The van der Waals surface area contributed by atoms with Crippen molar-refractivity contribution in [3.63, 3.8) is 0 Å². The molecule has 0 aromatic carbocycles. The van der Waals surface area contributed by atoms with E-state index in [-0.39, 0.29) is 11.3 Å². The lowest BCUT2D eigenvalue weighted by molar-refractivity contribution is -0.117. The zero-order chi connectivity index (χ0) is 11.4. The Kier molecular flexibility index (Phi) is 3.60. The average molecular weight is 210 g/mol. The van der Waals surface area contributed by atoms with Crippen LogP contribution in [0.4, 0.5) is 0 Å². The van der Waals surface area contributed by atoms with Gasteiger partial charge in [-0.1, -0.05) is 0 Å². The van der Waals surface area contributed by atoms with Crippen LogP contribution in [0.3, 0.4) is 0 Å². The summed E-state index contributed by atoms with van der Waals surface area (Å²) in [4.78, 5) is 35.2. The number of carbonyl (C=O) groups is 1. The smallest absolute Gasteiger partial charge is 0.300 e. The van der Waals surface area contributed by atoms with Crippen molar-refractivity contribution in [1.82, 2.24) is 9.55 Å². The van der Waals surface area contributed by atoms with Crippen molar-refractivity contribution >= 4 is 5.78 Å². The molecule has 0 aliphatic heterocycles. The van der Waals surface area contributed by atoms with Crippen LogP contribution in [-0.4, -0.2) is 15.3 Å². The summed E-state index contributed by atoms with van der Waals surface area (Å²) < 4.78 is 1.42. The molecule has 0 aliphatic rings. The zero-order valence-electron chi connectivity index (χ0n) is 8.87. The highest BCUT2D eigenvalue weighted by molar-refractivity contribution is 5.75. The molecule has 1 aromatic heterocycles. The molecule has 82 valence electrons. The number of ketones is 1. The molecule has 0 unspecified atom stereocenters. The standard InChI is InChI=1S/C10H14N2O3/c1-7-6-12(5-3-4-8(2)13)10(15)11-9(7)14/h6H,3-5H2,1-2H3,(H,11,14,15). The molecule has 0 spiro atoms. The van der Waals surface area contributed by atoms with Gasteiger partial charge in [0, 0.05) is 24.7 Å². The third-order valence-electron chi connectivity index (χ3n) is 2.12. The topological polar surface area (TPSA) is 71.9 Å². The number of aryl methyl sites for hydroxylation is 2. The predicted molar refractivity (Wildman–Crippen MR) is 56.0 cm³/mol. The Bertz CT molecular complexity index is 470. The number of rotatable bonds is 4. The SMILES string of the molecule is CC(=O)CCCn1cc(C)c(=O)[nH]c1=O. The molecular formula is C10H14N2O3. The average Bonchev–Trinajstić information content (AvgIpc) is 2.13. The quantitative estimate of drug-likeness (QED) is 0.772. The number of aromatic amines is 1. The van der Waals surface area contributed by atoms with Crippen molar-refractivity contribution in [2.24, 2.45) is 0 Å². The van der Waals surface area contributed by atoms with Crippen LogP contribution >= 0.6 is 0 Å². The summed E-state index contributed by atoms with van der Waals surface area (Å²) in [6.07, 6.45) is 2.58. The van der Waals surface area contributed by atoms with Gasteiger partial charge in [0.2, 0.25) is 0 Å². The zero-order valence-corrected chi connectivity index (χ0v) is 8.87. The Morgan fingerprint density at radius 3 is 2.73 bits per heavy atom. The van der Waals surface area contributed by atoms with Gasteiger partial charge in [-0.3, -0.25) is 9.78 Å². The third kappa shape index (κ3) is 3.19. The third-order valence-corrected chi connectivity index (χ3v) is 2.12. The Balaban J connectivity index is 2.78. The number of Topliss-reactive ketones (excluding diaryl/α,β-unsaturated/α-hetero) is 1. The molecule has 1 N–H and O–H groups in total. The van der Waals surface area contributed by atoms with Gasteiger partial charge in [-0.25, -0.2) is 4.79 Å². The van der Waals surface area contributed by atoms with Gasteiger partial charge in [0.05, 0.1) is 0 Å². The van der Waals surface area contributed by atoms with Gasteiger partial charge in [0.1, 0.15) is 5.78 Å². The van der Waals surface area contributed by atoms with E-state index in [0.717, 1.165) is 0 Å². The number of nitrogens with zero attached hydrogens (tertiary/aromatic N) is 1. The maximum absolute atomic E-state index is 11.3. The summed E-state index contributed by atoms with van der Waals surface area (Å²) in [5.41, 5.74) is -0.283. The first-order chi connectivity index (χ1) is 7.00. The summed E-state index contributed by atoms with van der Waals surface area (Å²) in [6.45, 7) is 3.61. The van der Waals surface area contributed by atoms with Crippen molar-refractivity contribution in [2.45, 2.75) is 33.2 Å². The number of hydrogen-bond acceptors (Lipinski definition) is 3. The second-order valence-electron chi connectivity index (χ2n) is 3.57. The number of hydrogen-bond donors (Lipinski definition) is 1. The fourth-order valence-electron chi connectivity index (χ4n) is 1.28. The van der Waals surface area contributed by atoms with Gasteiger partial charge in [-0.2, -0.15) is 0 Å². The summed E-state index contributed by atoms with van der Waals surface area (Å²) in [7, 11) is 0. The molecule has 0 radical (unpaired) electrons. The fraction of sp³-hybridized carbons (Fsp3) is 0.500. The van der Waals surface area contributed by atoms with E-state index in [1.54, 1.807) is 6.92 Å². The normalized spacial score (nSPS) is 10.3. The van der Waals surface area contributed by atoms with Crippen LogP contribution in [0.25, 0.3) is 0 Å². The molecule has 0 amide bonds. The number of aromatic nitrogens is 2. The fourth-order valence-corrected chi connectivity index (χ4v) is 1.28. The summed E-state index contributed by atoms with van der Waals surface area (Å²) in [5.74, 6) is 0.101. The lowest BCUT2D eigenvalue weighted by atomic mass is 10.2. The molecule has 0 saturated carbocycles. The molecule has 5 heteroatoms. The Morgan fingerprint density at radius 1 is 1.47 bits per heavy atom. The Labute approximate surface area is 86.8 Å². The number of carbonyl (C=O) groups excluding carboxylic acids is 1. The summed E-state index contributed by atoms with van der Waals surface area (Å²) in [5, 5.41) is 0. The summed E-state index contributed by atoms with van der Waals surface area (Å²) >= 11 is 0. The summed E-state index contributed by atoms with van der Waals surface area (Å²) in [6, 6.07) is 0. The van der Waals surface area contributed by atoms with Crippen LogP contribution in [-0.2, 0) is 11.3 Å². The van der Waals surface area contributed by atoms with Gasteiger partial charge in [0.25, 0.3) is 5.56 Å². The van der Waals surface area contributed by atoms with E-state index in [1.165, 1.54) is 17.7 Å². The van der Waals surface area contributed by atoms with Crippen molar-refractivity contribution in [3.8, 4) is 0 Å². The highest BCUT2D eigenvalue weighted by Crippen LogP contribution is 1.94. The van der Waals surface area contributed by atoms with Crippen LogP contribution in [0, 0.1) is 6.92 Å². The molecule has 0 fully saturated rings. The second kappa shape index (κ2) is 4.72. The Hall–Kier alpha value is -1.65. The maximum atomic E-state index is 11.3. The molecule has 1 aromatic rings. The van der Waals surface area contributed by atoms with Crippen molar-refractivity contribution in [1.29, 1.82) is 0 Å². The molecule has 5 nitrogen and oxygen atoms in total. The van der Waals surface area contributed by atoms with E-state index in [1.807, 2.05) is 0 Å². The molecule has 0 saturated heterocycles. The second-order valence-corrected chi connectivity index (χ2v) is 3.57. The van der Waals surface area contributed by atoms with Crippen molar-refractivity contribution in [3.05, 3.63) is 32.6 Å². The first kappa shape index (κ1) is 11.4. The number of nitrogens with one attached hydrogen (secondary N) is 1. The maximum Gasteiger partial charge on any atom is 0.328 e. The lowest BCUT2D eigenvalue weighted by Crippen LogP contribution is -2.30. The van der Waals surface area contributed by atoms with Crippen LogP contribution in [0.2, 0.25) is 0 Å². The number of H-pyrrole nitrogens is 1. The van der Waals surface area contributed by atoms with Gasteiger partial charge < -0.3 is 9.36 Å². The van der Waals surface area contributed by atoms with E-state index in [9.17, 15) is 14.4 Å². The van der Waals surface area contributed by atoms with E-state index in [2.05, 4.69) is 4.98 Å². The molecule has 1 heterocycles. The first-order valence-electron chi connectivity index (χ1n) is 4.80. The molecule has 0 aliphatic carbocycles.